The lowest BCUT2D eigenvalue weighted by Crippen LogP contribution is -2.40. The zero-order valence-corrected chi connectivity index (χ0v) is 23.8. The number of benzene rings is 1. The van der Waals surface area contributed by atoms with E-state index in [1.54, 1.807) is 24.3 Å². The predicted molar refractivity (Wildman–Crippen MR) is 148 cm³/mol. The number of thiazole rings is 2. The van der Waals surface area contributed by atoms with Crippen LogP contribution < -0.4 is 5.73 Å². The molecular formula is C28H28F3N5O2S2. The summed E-state index contributed by atoms with van der Waals surface area (Å²) in [6.45, 7) is 6.33. The third kappa shape index (κ3) is 4.60. The van der Waals surface area contributed by atoms with Crippen molar-refractivity contribution in [1.29, 1.82) is 0 Å². The van der Waals surface area contributed by atoms with Crippen LogP contribution >= 0.6 is 22.7 Å². The first kappa shape index (κ1) is 26.9. The largest absolute Gasteiger partial charge is 0.416 e. The number of aromatic nitrogens is 3. The van der Waals surface area contributed by atoms with Gasteiger partial charge in [0.1, 0.15) is 11.4 Å². The molecule has 7 nitrogen and oxygen atoms in total. The second-order valence-corrected chi connectivity index (χ2v) is 13.3. The van der Waals surface area contributed by atoms with Crippen LogP contribution in [0.4, 0.5) is 13.2 Å². The summed E-state index contributed by atoms with van der Waals surface area (Å²) in [6.07, 6.45) is 0.0219. The molecule has 2 amide bonds. The SMILES string of the molecule is Cc1nc(C(=O)N2C[C@@H]3CC(C)C[C@@H]3[C@@H]2Cc2cn3c(C(N)=O)c(C)nc3s2)c(-c2cccc(C(F)(F)F)c2)s1. The average molecular weight is 588 g/mol. The van der Waals surface area contributed by atoms with Crippen molar-refractivity contribution in [2.75, 3.05) is 6.54 Å². The van der Waals surface area contributed by atoms with Crippen LogP contribution in [0.15, 0.2) is 30.5 Å². The van der Waals surface area contributed by atoms with Gasteiger partial charge in [0.15, 0.2) is 4.96 Å². The second-order valence-electron chi connectivity index (χ2n) is 11.0. The Morgan fingerprint density at radius 2 is 1.93 bits per heavy atom. The van der Waals surface area contributed by atoms with Crippen LogP contribution in [-0.4, -0.2) is 43.7 Å². The molecule has 0 bridgehead atoms. The van der Waals surface area contributed by atoms with Crippen LogP contribution in [0.2, 0.25) is 0 Å². The highest BCUT2D eigenvalue weighted by atomic mass is 32.1. The van der Waals surface area contributed by atoms with Crippen LogP contribution in [0.3, 0.4) is 0 Å². The minimum Gasteiger partial charge on any atom is -0.364 e. The summed E-state index contributed by atoms with van der Waals surface area (Å²) in [5.74, 6) is 0.425. The van der Waals surface area contributed by atoms with Gasteiger partial charge >= 0.3 is 6.18 Å². The molecule has 3 aromatic heterocycles. The Kier molecular flexibility index (Phi) is 6.53. The fourth-order valence-corrected chi connectivity index (χ4v) is 8.56. The molecule has 210 valence electrons. The predicted octanol–water partition coefficient (Wildman–Crippen LogP) is 5.98. The lowest BCUT2D eigenvalue weighted by Gasteiger charge is -2.28. The van der Waals surface area contributed by atoms with E-state index in [0.29, 0.717) is 62.5 Å². The first-order valence-corrected chi connectivity index (χ1v) is 14.8. The third-order valence-electron chi connectivity index (χ3n) is 8.15. The fraction of sp³-hybridized carbons (Fsp3) is 0.429. The maximum Gasteiger partial charge on any atom is 0.416 e. The molecule has 6 rings (SSSR count). The normalized spacial score (nSPS) is 22.8. The van der Waals surface area contributed by atoms with Gasteiger partial charge in [-0.15, -0.1) is 22.7 Å². The molecule has 1 saturated heterocycles. The third-order valence-corrected chi connectivity index (χ3v) is 10.2. The van der Waals surface area contributed by atoms with E-state index in [9.17, 15) is 22.8 Å². The molecule has 40 heavy (non-hydrogen) atoms. The Bertz CT molecular complexity index is 1640. The van der Waals surface area contributed by atoms with Crippen LogP contribution in [-0.2, 0) is 12.6 Å². The lowest BCUT2D eigenvalue weighted by molar-refractivity contribution is -0.137. The smallest absolute Gasteiger partial charge is 0.364 e. The number of nitrogens with zero attached hydrogens (tertiary/aromatic N) is 4. The Morgan fingerprint density at radius 3 is 2.65 bits per heavy atom. The topological polar surface area (TPSA) is 93.6 Å². The van der Waals surface area contributed by atoms with Crippen molar-refractivity contribution in [3.05, 3.63) is 63.0 Å². The molecule has 1 aliphatic carbocycles. The first-order chi connectivity index (χ1) is 18.9. The van der Waals surface area contributed by atoms with Crippen molar-refractivity contribution in [3.8, 4) is 10.4 Å². The van der Waals surface area contributed by atoms with Gasteiger partial charge in [-0.1, -0.05) is 19.1 Å². The summed E-state index contributed by atoms with van der Waals surface area (Å²) in [4.78, 5) is 39.2. The number of imidazole rings is 1. The van der Waals surface area contributed by atoms with Gasteiger partial charge in [0, 0.05) is 30.1 Å². The molecule has 4 atom stereocenters. The van der Waals surface area contributed by atoms with Crippen LogP contribution in [0.1, 0.15) is 61.9 Å². The number of halogens is 3. The van der Waals surface area contributed by atoms with E-state index in [0.717, 1.165) is 29.9 Å². The van der Waals surface area contributed by atoms with Crippen molar-refractivity contribution in [2.45, 2.75) is 52.3 Å². The number of hydrogen-bond donors (Lipinski definition) is 1. The molecule has 4 aromatic rings. The van der Waals surface area contributed by atoms with Crippen molar-refractivity contribution in [3.63, 3.8) is 0 Å². The van der Waals surface area contributed by atoms with E-state index < -0.39 is 17.6 Å². The standard InChI is InChI=1S/C28H28F3N5O2S2/c1-13-7-17-11-35(21(20(17)8-13)10-19-12-36-23(25(32)37)14(2)33-27(36)40-19)26(38)22-24(39-15(3)34-22)16-5-4-6-18(9-16)28(29,30)31/h4-6,9,12-13,17,20-21H,7-8,10-11H2,1-3H3,(H2,32,37)/t13?,17-,20-,21-/m0/s1. The zero-order valence-electron chi connectivity index (χ0n) is 22.2. The molecular weight excluding hydrogens is 559 g/mol. The average Bonchev–Trinajstić information content (AvgIpc) is 3.66. The number of amides is 2. The molecule has 2 fully saturated rings. The second kappa shape index (κ2) is 9.69. The van der Waals surface area contributed by atoms with Gasteiger partial charge in [0.25, 0.3) is 11.8 Å². The summed E-state index contributed by atoms with van der Waals surface area (Å²) in [7, 11) is 0. The van der Waals surface area contributed by atoms with Gasteiger partial charge in [-0.25, -0.2) is 9.97 Å². The number of aryl methyl sites for hydroxylation is 2. The molecule has 4 heterocycles. The molecule has 0 spiro atoms. The Morgan fingerprint density at radius 1 is 1.15 bits per heavy atom. The van der Waals surface area contributed by atoms with Crippen molar-refractivity contribution < 1.29 is 22.8 Å². The highest BCUT2D eigenvalue weighted by molar-refractivity contribution is 7.17. The molecule has 2 aliphatic rings. The summed E-state index contributed by atoms with van der Waals surface area (Å²) in [5, 5.41) is 0.620. The van der Waals surface area contributed by atoms with Crippen LogP contribution in [0.25, 0.3) is 15.4 Å². The highest BCUT2D eigenvalue weighted by Crippen LogP contribution is 2.47. The number of carbonyl (C=O) groups excluding carboxylic acids is 2. The Labute approximate surface area is 236 Å². The number of alkyl halides is 3. The number of nitrogens with two attached hydrogens (primary N) is 1. The number of fused-ring (bicyclic) bond motifs is 2. The number of hydrogen-bond acceptors (Lipinski definition) is 6. The maximum atomic E-state index is 14.1. The minimum atomic E-state index is -4.48. The van der Waals surface area contributed by atoms with Gasteiger partial charge in [-0.3, -0.25) is 14.0 Å². The first-order valence-electron chi connectivity index (χ1n) is 13.1. The summed E-state index contributed by atoms with van der Waals surface area (Å²) in [6, 6.07) is 4.97. The Balaban J connectivity index is 1.35. The van der Waals surface area contributed by atoms with E-state index in [-0.39, 0.29) is 17.6 Å². The van der Waals surface area contributed by atoms with E-state index in [2.05, 4.69) is 16.9 Å². The molecule has 12 heteroatoms. The van der Waals surface area contributed by atoms with E-state index >= 15 is 0 Å². The number of likely N-dealkylation sites (tertiary alicyclic amines) is 1. The van der Waals surface area contributed by atoms with Crippen molar-refractivity contribution in [2.24, 2.45) is 23.5 Å². The molecule has 1 aliphatic heterocycles. The van der Waals surface area contributed by atoms with Crippen molar-refractivity contribution >= 4 is 39.4 Å². The quantitative estimate of drug-likeness (QED) is 0.311. The van der Waals surface area contributed by atoms with E-state index in [1.165, 1.54) is 28.7 Å². The van der Waals surface area contributed by atoms with Gasteiger partial charge in [0.05, 0.1) is 21.1 Å². The monoisotopic (exact) mass is 587 g/mol. The molecule has 0 radical (unpaired) electrons. The van der Waals surface area contributed by atoms with Gasteiger partial charge in [-0.2, -0.15) is 13.2 Å². The van der Waals surface area contributed by atoms with Crippen LogP contribution in [0.5, 0.6) is 0 Å². The van der Waals surface area contributed by atoms with Crippen molar-refractivity contribution in [1.82, 2.24) is 19.3 Å². The molecule has 1 unspecified atom stereocenters. The fourth-order valence-electron chi connectivity index (χ4n) is 6.58. The minimum absolute atomic E-state index is 0.0969. The number of rotatable bonds is 5. The van der Waals surface area contributed by atoms with Crippen LogP contribution in [0, 0.1) is 31.6 Å². The van der Waals surface area contributed by atoms with Gasteiger partial charge in [0.2, 0.25) is 0 Å². The molecule has 2 N–H and O–H groups in total. The number of primary amides is 1. The lowest BCUT2D eigenvalue weighted by atomic mass is 9.91. The Hall–Kier alpha value is -3.25. The number of carbonyl (C=O) groups is 2. The van der Waals surface area contributed by atoms with Gasteiger partial charge in [-0.05, 0) is 62.1 Å². The zero-order chi connectivity index (χ0) is 28.5. The molecule has 1 saturated carbocycles. The summed E-state index contributed by atoms with van der Waals surface area (Å²) >= 11 is 2.71. The highest BCUT2D eigenvalue weighted by Gasteiger charge is 2.48. The summed E-state index contributed by atoms with van der Waals surface area (Å²) in [5.41, 5.74) is 6.30. The maximum absolute atomic E-state index is 14.1. The van der Waals surface area contributed by atoms with E-state index in [4.69, 9.17) is 5.73 Å². The molecule has 1 aromatic carbocycles. The van der Waals surface area contributed by atoms with Gasteiger partial charge < -0.3 is 10.6 Å². The summed E-state index contributed by atoms with van der Waals surface area (Å²) < 4.78 is 42.0. The van der Waals surface area contributed by atoms with E-state index in [1.807, 2.05) is 11.1 Å².